The molecular formula is C11H7ClN4O2S. The Balaban J connectivity index is 2.45. The molecule has 1 aromatic heterocycles. The van der Waals surface area contributed by atoms with Gasteiger partial charge in [0.2, 0.25) is 0 Å². The summed E-state index contributed by atoms with van der Waals surface area (Å²) in [4.78, 5) is 7.35. The normalized spacial score (nSPS) is 10.7. The van der Waals surface area contributed by atoms with Gasteiger partial charge >= 0.3 is 0 Å². The first-order chi connectivity index (χ1) is 9.04. The second-order valence-electron chi connectivity index (χ2n) is 3.41. The summed E-state index contributed by atoms with van der Waals surface area (Å²) >= 11 is 5.73. The Morgan fingerprint density at radius 3 is 2.58 bits per heavy atom. The van der Waals surface area contributed by atoms with Crippen LogP contribution in [0.2, 0.25) is 5.15 Å². The first-order valence-electron chi connectivity index (χ1n) is 5.03. The molecule has 1 heterocycles. The van der Waals surface area contributed by atoms with Gasteiger partial charge in [0.25, 0.3) is 10.0 Å². The Morgan fingerprint density at radius 1 is 1.21 bits per heavy atom. The molecule has 0 amide bonds. The van der Waals surface area contributed by atoms with Gasteiger partial charge in [-0.1, -0.05) is 23.7 Å². The lowest BCUT2D eigenvalue weighted by atomic mass is 10.2. The van der Waals surface area contributed by atoms with Crippen molar-refractivity contribution >= 4 is 27.4 Å². The summed E-state index contributed by atoms with van der Waals surface area (Å²) in [5.74, 6) is -0.0862. The van der Waals surface area contributed by atoms with Crippen LogP contribution < -0.4 is 4.72 Å². The lowest BCUT2D eigenvalue weighted by Gasteiger charge is -2.08. The standard InChI is InChI=1S/C11H7ClN4O2S/c12-10-11(15-6-5-14-10)16-19(17,18)9-4-2-1-3-8(9)7-13/h1-6H,(H,15,16). The number of nitrogens with one attached hydrogen (secondary N) is 1. The molecule has 8 heteroatoms. The van der Waals surface area contributed by atoms with Gasteiger partial charge in [-0.15, -0.1) is 0 Å². The fourth-order valence-electron chi connectivity index (χ4n) is 1.37. The number of aromatic nitrogens is 2. The largest absolute Gasteiger partial charge is 0.264 e. The number of rotatable bonds is 3. The summed E-state index contributed by atoms with van der Waals surface area (Å²) in [7, 11) is -3.94. The highest BCUT2D eigenvalue weighted by Crippen LogP contribution is 2.21. The Kier molecular flexibility index (Phi) is 3.64. The van der Waals surface area contributed by atoms with Crippen LogP contribution in [-0.2, 0) is 10.0 Å². The fourth-order valence-corrected chi connectivity index (χ4v) is 2.75. The SMILES string of the molecule is N#Cc1ccccc1S(=O)(=O)Nc1nccnc1Cl. The number of anilines is 1. The van der Waals surface area contributed by atoms with Crippen molar-refractivity contribution in [3.05, 3.63) is 47.4 Å². The van der Waals surface area contributed by atoms with Crippen molar-refractivity contribution < 1.29 is 8.42 Å². The van der Waals surface area contributed by atoms with Crippen LogP contribution in [0, 0.1) is 11.3 Å². The van der Waals surface area contributed by atoms with Crippen LogP contribution in [0.5, 0.6) is 0 Å². The van der Waals surface area contributed by atoms with Crippen LogP contribution in [0.4, 0.5) is 5.82 Å². The summed E-state index contributed by atoms with van der Waals surface area (Å²) in [6.45, 7) is 0. The van der Waals surface area contributed by atoms with Gasteiger partial charge in [0.15, 0.2) is 11.0 Å². The third-order valence-corrected chi connectivity index (χ3v) is 3.86. The van der Waals surface area contributed by atoms with Gasteiger partial charge in [0.1, 0.15) is 11.0 Å². The third kappa shape index (κ3) is 2.81. The molecule has 0 spiro atoms. The third-order valence-electron chi connectivity index (χ3n) is 2.18. The zero-order valence-electron chi connectivity index (χ0n) is 9.41. The van der Waals surface area contributed by atoms with E-state index >= 15 is 0 Å². The minimum atomic E-state index is -3.94. The van der Waals surface area contributed by atoms with E-state index in [1.54, 1.807) is 6.07 Å². The number of nitriles is 1. The van der Waals surface area contributed by atoms with E-state index in [1.807, 2.05) is 6.07 Å². The lowest BCUT2D eigenvalue weighted by Crippen LogP contribution is -2.15. The average molecular weight is 295 g/mol. The average Bonchev–Trinajstić information content (AvgIpc) is 2.41. The number of benzene rings is 1. The van der Waals surface area contributed by atoms with E-state index in [2.05, 4.69) is 14.7 Å². The van der Waals surface area contributed by atoms with Crippen LogP contribution in [-0.4, -0.2) is 18.4 Å². The van der Waals surface area contributed by atoms with E-state index < -0.39 is 10.0 Å². The molecule has 0 fully saturated rings. The molecule has 0 aliphatic rings. The van der Waals surface area contributed by atoms with Crippen molar-refractivity contribution in [3.63, 3.8) is 0 Å². The van der Waals surface area contributed by atoms with Crippen molar-refractivity contribution in [3.8, 4) is 6.07 Å². The summed E-state index contributed by atoms with van der Waals surface area (Å²) in [5, 5.41) is 8.84. The molecule has 0 radical (unpaired) electrons. The van der Waals surface area contributed by atoms with E-state index in [-0.39, 0.29) is 21.4 Å². The number of sulfonamides is 1. The molecule has 1 N–H and O–H groups in total. The molecule has 96 valence electrons. The Morgan fingerprint density at radius 2 is 1.89 bits per heavy atom. The maximum Gasteiger partial charge on any atom is 0.264 e. The molecule has 0 aliphatic carbocycles. The molecule has 6 nitrogen and oxygen atoms in total. The maximum atomic E-state index is 12.1. The highest BCUT2D eigenvalue weighted by atomic mass is 35.5. The zero-order chi connectivity index (χ0) is 13.9. The second kappa shape index (κ2) is 5.22. The van der Waals surface area contributed by atoms with Crippen LogP contribution in [0.15, 0.2) is 41.6 Å². The minimum Gasteiger partial charge on any atom is -0.261 e. The number of nitrogens with zero attached hydrogens (tertiary/aromatic N) is 3. The van der Waals surface area contributed by atoms with Gasteiger partial charge < -0.3 is 0 Å². The fraction of sp³-hybridized carbons (Fsp3) is 0. The summed E-state index contributed by atoms with van der Waals surface area (Å²) in [5.41, 5.74) is 0.0370. The van der Waals surface area contributed by atoms with Gasteiger partial charge in [-0.3, -0.25) is 4.72 Å². The van der Waals surface area contributed by atoms with E-state index in [0.717, 1.165) is 0 Å². The van der Waals surface area contributed by atoms with Gasteiger partial charge in [0.05, 0.1) is 5.56 Å². The van der Waals surface area contributed by atoms with E-state index in [9.17, 15) is 8.42 Å². The molecule has 0 unspecified atom stereocenters. The molecule has 0 atom stereocenters. The van der Waals surface area contributed by atoms with Crippen LogP contribution in [0.3, 0.4) is 0 Å². The van der Waals surface area contributed by atoms with Crippen molar-refractivity contribution in [2.75, 3.05) is 4.72 Å². The quantitative estimate of drug-likeness (QED) is 0.931. The molecule has 19 heavy (non-hydrogen) atoms. The smallest absolute Gasteiger partial charge is 0.261 e. The van der Waals surface area contributed by atoms with Gasteiger partial charge in [0, 0.05) is 12.4 Å². The number of hydrogen-bond acceptors (Lipinski definition) is 5. The molecule has 0 bridgehead atoms. The van der Waals surface area contributed by atoms with E-state index in [0.29, 0.717) is 0 Å². The van der Waals surface area contributed by atoms with Gasteiger partial charge in [-0.05, 0) is 12.1 Å². The Labute approximate surface area is 114 Å². The predicted octanol–water partition coefficient (Wildman–Crippen LogP) is 1.80. The summed E-state index contributed by atoms with van der Waals surface area (Å²) in [6.07, 6.45) is 2.64. The van der Waals surface area contributed by atoms with E-state index in [4.69, 9.17) is 16.9 Å². The topological polar surface area (TPSA) is 95.7 Å². The van der Waals surface area contributed by atoms with Crippen molar-refractivity contribution in [2.24, 2.45) is 0 Å². The maximum absolute atomic E-state index is 12.1. The molecule has 0 saturated heterocycles. The first kappa shape index (κ1) is 13.3. The number of hydrogen-bond donors (Lipinski definition) is 1. The molecular weight excluding hydrogens is 288 g/mol. The predicted molar refractivity (Wildman–Crippen MR) is 69.0 cm³/mol. The summed E-state index contributed by atoms with van der Waals surface area (Å²) < 4.78 is 26.5. The van der Waals surface area contributed by atoms with Crippen LogP contribution in [0.1, 0.15) is 5.56 Å². The lowest BCUT2D eigenvalue weighted by molar-refractivity contribution is 0.600. The highest BCUT2D eigenvalue weighted by molar-refractivity contribution is 7.92. The molecule has 2 rings (SSSR count). The van der Waals surface area contributed by atoms with Gasteiger partial charge in [-0.25, -0.2) is 18.4 Å². The molecule has 2 aromatic rings. The molecule has 0 aliphatic heterocycles. The van der Waals surface area contributed by atoms with Crippen molar-refractivity contribution in [1.82, 2.24) is 9.97 Å². The Hall–Kier alpha value is -2.17. The molecule has 1 aromatic carbocycles. The van der Waals surface area contributed by atoms with Crippen LogP contribution >= 0.6 is 11.6 Å². The van der Waals surface area contributed by atoms with Crippen LogP contribution in [0.25, 0.3) is 0 Å². The summed E-state index contributed by atoms with van der Waals surface area (Å²) in [6, 6.07) is 7.65. The molecule has 0 saturated carbocycles. The highest BCUT2D eigenvalue weighted by Gasteiger charge is 2.20. The van der Waals surface area contributed by atoms with E-state index in [1.165, 1.54) is 30.6 Å². The second-order valence-corrected chi connectivity index (χ2v) is 5.42. The van der Waals surface area contributed by atoms with Crippen molar-refractivity contribution in [1.29, 1.82) is 5.26 Å². The first-order valence-corrected chi connectivity index (χ1v) is 6.89. The van der Waals surface area contributed by atoms with Gasteiger partial charge in [-0.2, -0.15) is 5.26 Å². The Bertz CT molecular complexity index is 755. The minimum absolute atomic E-state index is 0.0370. The monoisotopic (exact) mass is 294 g/mol. The number of halogens is 1. The zero-order valence-corrected chi connectivity index (χ0v) is 11.0. The van der Waals surface area contributed by atoms with Crippen molar-refractivity contribution in [2.45, 2.75) is 4.90 Å².